The molecule has 2 bridgehead atoms. The average Bonchev–Trinajstić information content (AvgIpc) is 2.76. The Labute approximate surface area is 110 Å². The Morgan fingerprint density at radius 1 is 1.11 bits per heavy atom. The van der Waals surface area contributed by atoms with Crippen LogP contribution < -0.4 is 5.32 Å². The lowest BCUT2D eigenvalue weighted by atomic mass is 9.94. The first-order valence-electron chi connectivity index (χ1n) is 7.31. The van der Waals surface area contributed by atoms with Crippen molar-refractivity contribution in [2.24, 2.45) is 5.92 Å². The zero-order chi connectivity index (χ0) is 12.5. The Kier molecular flexibility index (Phi) is 3.29. The van der Waals surface area contributed by atoms with Gasteiger partial charge in [0, 0.05) is 24.8 Å². The molecular weight excluding hydrogens is 220 g/mol. The lowest BCUT2D eigenvalue weighted by molar-refractivity contribution is 0.255. The van der Waals surface area contributed by atoms with Gasteiger partial charge in [-0.05, 0) is 48.9 Å². The molecule has 2 fully saturated rings. The predicted octanol–water partition coefficient (Wildman–Crippen LogP) is 3.32. The van der Waals surface area contributed by atoms with Gasteiger partial charge in [-0.3, -0.25) is 0 Å². The molecule has 2 aliphatic heterocycles. The summed E-state index contributed by atoms with van der Waals surface area (Å²) in [6.07, 6.45) is 2.68. The number of benzene rings is 1. The molecular formula is C16H24N2. The monoisotopic (exact) mass is 244 g/mol. The van der Waals surface area contributed by atoms with Crippen LogP contribution in [0.3, 0.4) is 0 Å². The molecule has 2 saturated heterocycles. The highest BCUT2D eigenvalue weighted by molar-refractivity contribution is 5.46. The van der Waals surface area contributed by atoms with Crippen LogP contribution in [0.5, 0.6) is 0 Å². The first-order chi connectivity index (χ1) is 8.72. The van der Waals surface area contributed by atoms with Gasteiger partial charge in [0.15, 0.2) is 0 Å². The number of hydrogen-bond acceptors (Lipinski definition) is 2. The number of nitrogens with one attached hydrogen (secondary N) is 1. The molecule has 0 saturated carbocycles. The summed E-state index contributed by atoms with van der Waals surface area (Å²) < 4.78 is 0. The molecule has 2 heterocycles. The lowest BCUT2D eigenvalue weighted by Gasteiger charge is -2.31. The molecule has 3 unspecified atom stereocenters. The normalized spacial score (nSPS) is 30.7. The van der Waals surface area contributed by atoms with E-state index in [1.54, 1.807) is 0 Å². The van der Waals surface area contributed by atoms with E-state index in [1.165, 1.54) is 43.7 Å². The molecule has 0 amide bonds. The third kappa shape index (κ3) is 2.39. The Morgan fingerprint density at radius 2 is 1.83 bits per heavy atom. The minimum absolute atomic E-state index is 0.622. The van der Waals surface area contributed by atoms with E-state index in [4.69, 9.17) is 0 Å². The quantitative estimate of drug-likeness (QED) is 0.877. The van der Waals surface area contributed by atoms with E-state index in [2.05, 4.69) is 48.3 Å². The second-order valence-electron chi connectivity index (χ2n) is 6.17. The van der Waals surface area contributed by atoms with Crippen molar-refractivity contribution in [2.45, 2.75) is 38.6 Å². The molecule has 0 aliphatic carbocycles. The van der Waals surface area contributed by atoms with Gasteiger partial charge >= 0.3 is 0 Å². The summed E-state index contributed by atoms with van der Waals surface area (Å²) in [7, 11) is 0. The summed E-state index contributed by atoms with van der Waals surface area (Å²) in [5.41, 5.74) is 2.72. The highest BCUT2D eigenvalue weighted by atomic mass is 15.2. The molecule has 2 heteroatoms. The fourth-order valence-corrected chi connectivity index (χ4v) is 3.32. The minimum atomic E-state index is 0.622. The lowest BCUT2D eigenvalue weighted by Crippen LogP contribution is -2.39. The number of rotatable bonds is 3. The summed E-state index contributed by atoms with van der Waals surface area (Å²) in [6.45, 7) is 8.39. The Bertz CT molecular complexity index is 396. The van der Waals surface area contributed by atoms with E-state index in [0.717, 1.165) is 5.92 Å². The summed E-state index contributed by atoms with van der Waals surface area (Å²) >= 11 is 0. The van der Waals surface area contributed by atoms with E-state index < -0.39 is 0 Å². The molecule has 2 nitrogen and oxygen atoms in total. The maximum atomic E-state index is 3.75. The molecule has 2 aliphatic rings. The van der Waals surface area contributed by atoms with Gasteiger partial charge in [-0.25, -0.2) is 0 Å². The van der Waals surface area contributed by atoms with Gasteiger partial charge in [-0.15, -0.1) is 0 Å². The van der Waals surface area contributed by atoms with Crippen LogP contribution in [0.25, 0.3) is 0 Å². The largest absolute Gasteiger partial charge is 0.382 e. The van der Waals surface area contributed by atoms with Gasteiger partial charge in [0.1, 0.15) is 0 Å². The molecule has 1 aromatic rings. The molecule has 1 N–H and O–H groups in total. The topological polar surface area (TPSA) is 15.3 Å². The minimum Gasteiger partial charge on any atom is -0.382 e. The molecule has 0 spiro atoms. The van der Waals surface area contributed by atoms with Gasteiger partial charge in [-0.2, -0.15) is 0 Å². The number of nitrogens with zero attached hydrogens (tertiary/aromatic N) is 1. The van der Waals surface area contributed by atoms with Crippen molar-refractivity contribution < 1.29 is 0 Å². The third-order valence-electron chi connectivity index (χ3n) is 4.56. The van der Waals surface area contributed by atoms with Crippen molar-refractivity contribution in [3.8, 4) is 0 Å². The van der Waals surface area contributed by atoms with Crippen LogP contribution in [-0.2, 0) is 0 Å². The number of anilines is 1. The van der Waals surface area contributed by atoms with Gasteiger partial charge in [-0.1, -0.05) is 26.0 Å². The summed E-state index contributed by atoms with van der Waals surface area (Å²) in [5, 5.41) is 3.75. The Balaban J connectivity index is 1.65. The molecule has 98 valence electrons. The molecule has 3 rings (SSSR count). The summed E-state index contributed by atoms with van der Waals surface area (Å²) in [5.74, 6) is 1.49. The molecule has 18 heavy (non-hydrogen) atoms. The first kappa shape index (κ1) is 12.0. The van der Waals surface area contributed by atoms with Gasteiger partial charge in [0.05, 0.1) is 0 Å². The zero-order valence-electron chi connectivity index (χ0n) is 11.5. The second-order valence-corrected chi connectivity index (χ2v) is 6.17. The van der Waals surface area contributed by atoms with Crippen LogP contribution in [0.4, 0.5) is 5.69 Å². The molecule has 1 aromatic carbocycles. The van der Waals surface area contributed by atoms with Gasteiger partial charge in [0.2, 0.25) is 0 Å². The first-order valence-corrected chi connectivity index (χ1v) is 7.31. The molecule has 3 atom stereocenters. The second kappa shape index (κ2) is 4.93. The van der Waals surface area contributed by atoms with Crippen molar-refractivity contribution >= 4 is 5.69 Å². The van der Waals surface area contributed by atoms with E-state index in [-0.39, 0.29) is 0 Å². The van der Waals surface area contributed by atoms with Crippen LogP contribution >= 0.6 is 0 Å². The number of hydrogen-bond donors (Lipinski definition) is 1. The number of piperidine rings is 1. The Morgan fingerprint density at radius 3 is 2.56 bits per heavy atom. The van der Waals surface area contributed by atoms with Crippen LogP contribution in [0, 0.1) is 5.92 Å². The van der Waals surface area contributed by atoms with Crippen molar-refractivity contribution in [1.29, 1.82) is 0 Å². The summed E-state index contributed by atoms with van der Waals surface area (Å²) in [4.78, 5) is 2.60. The zero-order valence-corrected chi connectivity index (χ0v) is 11.5. The molecule has 0 radical (unpaired) electrons. The van der Waals surface area contributed by atoms with Crippen molar-refractivity contribution in [2.75, 3.05) is 25.0 Å². The van der Waals surface area contributed by atoms with E-state index in [9.17, 15) is 0 Å². The average molecular weight is 244 g/mol. The maximum absolute atomic E-state index is 3.75. The van der Waals surface area contributed by atoms with Crippen LogP contribution in [0.2, 0.25) is 0 Å². The van der Waals surface area contributed by atoms with Gasteiger partial charge in [0.25, 0.3) is 0 Å². The highest BCUT2D eigenvalue weighted by Gasteiger charge is 2.33. The van der Waals surface area contributed by atoms with Crippen LogP contribution in [0.1, 0.15) is 38.2 Å². The summed E-state index contributed by atoms with van der Waals surface area (Å²) in [6, 6.07) is 9.70. The molecule has 0 aromatic heterocycles. The van der Waals surface area contributed by atoms with E-state index in [0.29, 0.717) is 12.0 Å². The van der Waals surface area contributed by atoms with Crippen molar-refractivity contribution in [3.05, 3.63) is 29.8 Å². The fourth-order valence-electron chi connectivity index (χ4n) is 3.32. The highest BCUT2D eigenvalue weighted by Crippen LogP contribution is 2.29. The van der Waals surface area contributed by atoms with Crippen molar-refractivity contribution in [1.82, 2.24) is 4.90 Å². The van der Waals surface area contributed by atoms with E-state index in [1.807, 2.05) is 0 Å². The smallest absolute Gasteiger partial charge is 0.0342 e. The SMILES string of the molecule is CC(C)c1ccc(NC2CCN3CCC2C3)cc1. The Hall–Kier alpha value is -1.02. The van der Waals surface area contributed by atoms with Crippen molar-refractivity contribution in [3.63, 3.8) is 0 Å². The van der Waals surface area contributed by atoms with Crippen LogP contribution in [0.15, 0.2) is 24.3 Å². The standard InChI is InChI=1S/C16H24N2/c1-12(2)13-3-5-15(6-4-13)17-16-8-10-18-9-7-14(16)11-18/h3-6,12,14,16-17H,7-11H2,1-2H3. The van der Waals surface area contributed by atoms with E-state index >= 15 is 0 Å². The van der Waals surface area contributed by atoms with Gasteiger partial charge < -0.3 is 10.2 Å². The fraction of sp³-hybridized carbons (Fsp3) is 0.625. The maximum Gasteiger partial charge on any atom is 0.0342 e. The van der Waals surface area contributed by atoms with Crippen LogP contribution in [-0.4, -0.2) is 30.6 Å². The number of fused-ring (bicyclic) bond motifs is 2. The predicted molar refractivity (Wildman–Crippen MR) is 77.1 cm³/mol. The third-order valence-corrected chi connectivity index (χ3v) is 4.56.